The standard InChI is InChI=1S/C19H13ClF2N2O3S/c1-27-17(25)9-16-18(26)24(10-11-4-2-3-5-14(11)21)19(28-16)23-12-6-7-15(22)13(20)8-12/h2-9H,10H2,1H3/b16-9+,23-19?. The largest absolute Gasteiger partial charge is 0.466 e. The molecule has 0 atom stereocenters. The number of ether oxygens (including phenoxy) is 1. The fraction of sp³-hybridized carbons (Fsp3) is 0.105. The lowest BCUT2D eigenvalue weighted by molar-refractivity contribution is -0.135. The van der Waals surface area contributed by atoms with Crippen molar-refractivity contribution in [3.63, 3.8) is 0 Å². The molecule has 9 heteroatoms. The molecule has 5 nitrogen and oxygen atoms in total. The number of aliphatic imine (C=N–C) groups is 1. The number of hydrogen-bond acceptors (Lipinski definition) is 5. The van der Waals surface area contributed by atoms with Gasteiger partial charge in [0.15, 0.2) is 5.17 Å². The smallest absolute Gasteiger partial charge is 0.331 e. The van der Waals surface area contributed by atoms with E-state index in [4.69, 9.17) is 11.6 Å². The summed E-state index contributed by atoms with van der Waals surface area (Å²) in [4.78, 5) is 29.9. The van der Waals surface area contributed by atoms with Crippen molar-refractivity contribution in [1.29, 1.82) is 0 Å². The third-order valence-electron chi connectivity index (χ3n) is 3.75. The summed E-state index contributed by atoms with van der Waals surface area (Å²) in [6, 6.07) is 9.86. The van der Waals surface area contributed by atoms with Crippen LogP contribution in [0, 0.1) is 11.6 Å². The predicted molar refractivity (Wildman–Crippen MR) is 103 cm³/mol. The lowest BCUT2D eigenvalue weighted by Crippen LogP contribution is -2.29. The number of amidine groups is 1. The van der Waals surface area contributed by atoms with Crippen LogP contribution in [0.3, 0.4) is 0 Å². The van der Waals surface area contributed by atoms with Crippen LogP contribution in [0.15, 0.2) is 58.4 Å². The Labute approximate surface area is 168 Å². The summed E-state index contributed by atoms with van der Waals surface area (Å²) in [5, 5.41) is 0.0771. The van der Waals surface area contributed by atoms with E-state index in [0.717, 1.165) is 23.9 Å². The molecule has 1 aliphatic heterocycles. The van der Waals surface area contributed by atoms with Gasteiger partial charge in [0.1, 0.15) is 11.6 Å². The lowest BCUT2D eigenvalue weighted by atomic mass is 10.2. The van der Waals surface area contributed by atoms with Gasteiger partial charge in [0, 0.05) is 11.6 Å². The molecular formula is C19H13ClF2N2O3S. The second kappa shape index (κ2) is 8.53. The summed E-state index contributed by atoms with van der Waals surface area (Å²) in [5.74, 6) is -2.30. The summed E-state index contributed by atoms with van der Waals surface area (Å²) < 4.78 is 32.0. The summed E-state index contributed by atoms with van der Waals surface area (Å²) >= 11 is 6.71. The summed E-state index contributed by atoms with van der Waals surface area (Å²) in [6.07, 6.45) is 1.04. The van der Waals surface area contributed by atoms with Crippen LogP contribution in [0.5, 0.6) is 0 Å². The quantitative estimate of drug-likeness (QED) is 0.540. The Morgan fingerprint density at radius 3 is 2.68 bits per heavy atom. The Bertz CT molecular complexity index is 1010. The highest BCUT2D eigenvalue weighted by Crippen LogP contribution is 2.34. The Morgan fingerprint density at radius 2 is 2.00 bits per heavy atom. The highest BCUT2D eigenvalue weighted by atomic mass is 35.5. The van der Waals surface area contributed by atoms with E-state index >= 15 is 0 Å². The normalized spacial score (nSPS) is 16.9. The first-order valence-corrected chi connectivity index (χ1v) is 9.15. The maximum atomic E-state index is 14.1. The minimum absolute atomic E-state index is 0.0788. The summed E-state index contributed by atoms with van der Waals surface area (Å²) in [5.41, 5.74) is 0.583. The van der Waals surface area contributed by atoms with Crippen LogP contribution >= 0.6 is 23.4 Å². The number of halogens is 3. The first-order chi connectivity index (χ1) is 13.4. The number of carbonyl (C=O) groups is 2. The van der Waals surface area contributed by atoms with Gasteiger partial charge >= 0.3 is 5.97 Å². The van der Waals surface area contributed by atoms with Gasteiger partial charge in [-0.15, -0.1) is 0 Å². The molecule has 1 amide bonds. The number of methoxy groups -OCH3 is 1. The van der Waals surface area contributed by atoms with E-state index in [0.29, 0.717) is 5.69 Å². The molecule has 0 N–H and O–H groups in total. The third-order valence-corrected chi connectivity index (χ3v) is 5.05. The fourth-order valence-electron chi connectivity index (χ4n) is 2.36. The van der Waals surface area contributed by atoms with Crippen LogP contribution in [0.2, 0.25) is 5.02 Å². The zero-order valence-corrected chi connectivity index (χ0v) is 16.1. The number of esters is 1. The molecule has 0 aromatic heterocycles. The molecule has 2 aromatic rings. The number of amides is 1. The van der Waals surface area contributed by atoms with Crippen molar-refractivity contribution in [2.75, 3.05) is 7.11 Å². The van der Waals surface area contributed by atoms with Gasteiger partial charge in [-0.2, -0.15) is 0 Å². The highest BCUT2D eigenvalue weighted by Gasteiger charge is 2.34. The SMILES string of the molecule is COC(=O)/C=C1/SC(=Nc2ccc(F)c(Cl)c2)N(Cc2ccccc2F)C1=O. The van der Waals surface area contributed by atoms with Crippen molar-refractivity contribution in [3.8, 4) is 0 Å². The number of hydrogen-bond donors (Lipinski definition) is 0. The van der Waals surface area contributed by atoms with E-state index in [2.05, 4.69) is 9.73 Å². The molecule has 0 bridgehead atoms. The minimum atomic E-state index is -0.701. The highest BCUT2D eigenvalue weighted by molar-refractivity contribution is 8.18. The lowest BCUT2D eigenvalue weighted by Gasteiger charge is -2.16. The molecule has 0 aliphatic carbocycles. The Kier molecular flexibility index (Phi) is 6.11. The predicted octanol–water partition coefficient (Wildman–Crippen LogP) is 4.44. The topological polar surface area (TPSA) is 59.0 Å². The molecule has 28 heavy (non-hydrogen) atoms. The van der Waals surface area contributed by atoms with Crippen molar-refractivity contribution in [2.24, 2.45) is 4.99 Å². The van der Waals surface area contributed by atoms with E-state index in [-0.39, 0.29) is 27.2 Å². The van der Waals surface area contributed by atoms with Crippen molar-refractivity contribution < 1.29 is 23.1 Å². The number of nitrogens with zero attached hydrogens (tertiary/aromatic N) is 2. The molecule has 0 radical (unpaired) electrons. The molecule has 2 aromatic carbocycles. The zero-order valence-electron chi connectivity index (χ0n) is 14.5. The van der Waals surface area contributed by atoms with Gasteiger partial charge in [0.2, 0.25) is 0 Å². The van der Waals surface area contributed by atoms with Crippen molar-refractivity contribution in [3.05, 3.63) is 75.7 Å². The van der Waals surface area contributed by atoms with Crippen LogP contribution in [-0.4, -0.2) is 29.1 Å². The van der Waals surface area contributed by atoms with Gasteiger partial charge < -0.3 is 4.74 Å². The number of rotatable bonds is 4. The monoisotopic (exact) mass is 422 g/mol. The van der Waals surface area contributed by atoms with Gasteiger partial charge in [-0.25, -0.2) is 18.6 Å². The molecule has 0 unspecified atom stereocenters. The second-order valence-corrected chi connectivity index (χ2v) is 7.03. The Balaban J connectivity index is 2.00. The summed E-state index contributed by atoms with van der Waals surface area (Å²) in [7, 11) is 1.19. The van der Waals surface area contributed by atoms with Gasteiger partial charge in [-0.3, -0.25) is 9.69 Å². The molecule has 0 spiro atoms. The molecule has 1 heterocycles. The molecule has 0 saturated carbocycles. The zero-order chi connectivity index (χ0) is 20.3. The number of benzene rings is 2. The van der Waals surface area contributed by atoms with Crippen LogP contribution < -0.4 is 0 Å². The molecule has 1 saturated heterocycles. The Hall–Kier alpha value is -2.71. The van der Waals surface area contributed by atoms with Crippen molar-refractivity contribution in [1.82, 2.24) is 4.90 Å². The molecular weight excluding hydrogens is 410 g/mol. The Morgan fingerprint density at radius 1 is 1.25 bits per heavy atom. The van der Waals surface area contributed by atoms with Crippen LogP contribution in [-0.2, 0) is 20.9 Å². The van der Waals surface area contributed by atoms with Crippen LogP contribution in [0.1, 0.15) is 5.56 Å². The number of thioether (sulfide) groups is 1. The maximum absolute atomic E-state index is 14.1. The minimum Gasteiger partial charge on any atom is -0.466 e. The van der Waals surface area contributed by atoms with E-state index in [1.54, 1.807) is 12.1 Å². The summed E-state index contributed by atoms with van der Waals surface area (Å²) in [6.45, 7) is -0.0925. The van der Waals surface area contributed by atoms with E-state index < -0.39 is 23.5 Å². The second-order valence-electron chi connectivity index (χ2n) is 5.61. The first-order valence-electron chi connectivity index (χ1n) is 7.95. The van der Waals surface area contributed by atoms with E-state index in [9.17, 15) is 18.4 Å². The number of carbonyl (C=O) groups excluding carboxylic acids is 2. The van der Waals surface area contributed by atoms with E-state index in [1.165, 1.54) is 36.3 Å². The van der Waals surface area contributed by atoms with Gasteiger partial charge in [-0.05, 0) is 36.0 Å². The van der Waals surface area contributed by atoms with Gasteiger partial charge in [0.25, 0.3) is 5.91 Å². The first kappa shape index (κ1) is 20.0. The molecule has 1 aliphatic rings. The molecule has 144 valence electrons. The van der Waals surface area contributed by atoms with E-state index in [1.807, 2.05) is 0 Å². The van der Waals surface area contributed by atoms with Gasteiger partial charge in [-0.1, -0.05) is 29.8 Å². The molecule has 3 rings (SSSR count). The average molecular weight is 423 g/mol. The fourth-order valence-corrected chi connectivity index (χ4v) is 3.49. The van der Waals surface area contributed by atoms with Crippen LogP contribution in [0.4, 0.5) is 14.5 Å². The van der Waals surface area contributed by atoms with Crippen molar-refractivity contribution >= 4 is 46.1 Å². The third kappa shape index (κ3) is 4.40. The average Bonchev–Trinajstić information content (AvgIpc) is 2.95. The molecule has 1 fully saturated rings. The van der Waals surface area contributed by atoms with Crippen LogP contribution in [0.25, 0.3) is 0 Å². The maximum Gasteiger partial charge on any atom is 0.331 e. The van der Waals surface area contributed by atoms with Crippen molar-refractivity contribution in [2.45, 2.75) is 6.54 Å². The van der Waals surface area contributed by atoms with Gasteiger partial charge in [0.05, 0.1) is 29.3 Å².